The minimum Gasteiger partial charge on any atom is -0.497 e. The summed E-state index contributed by atoms with van der Waals surface area (Å²) in [7, 11) is 3.19. The lowest BCUT2D eigenvalue weighted by atomic mass is 9.97. The van der Waals surface area contributed by atoms with Gasteiger partial charge in [-0.25, -0.2) is 0 Å². The van der Waals surface area contributed by atoms with Gasteiger partial charge in [-0.2, -0.15) is 0 Å². The topological polar surface area (TPSA) is 71.1 Å². The van der Waals surface area contributed by atoms with Crippen LogP contribution in [0.15, 0.2) is 42.5 Å². The van der Waals surface area contributed by atoms with Gasteiger partial charge in [0, 0.05) is 42.4 Å². The molecule has 1 saturated heterocycles. The molecule has 2 aromatic carbocycles. The molecule has 1 N–H and O–H groups in total. The molecule has 0 spiro atoms. The van der Waals surface area contributed by atoms with Crippen molar-refractivity contribution >= 4 is 11.8 Å². The highest BCUT2D eigenvalue weighted by Crippen LogP contribution is 2.37. The van der Waals surface area contributed by atoms with Crippen molar-refractivity contribution in [1.29, 1.82) is 0 Å². The third-order valence-corrected chi connectivity index (χ3v) is 7.41. The van der Waals surface area contributed by atoms with Crippen LogP contribution in [-0.2, 0) is 11.3 Å². The quantitative estimate of drug-likeness (QED) is 0.547. The summed E-state index contributed by atoms with van der Waals surface area (Å²) >= 11 is 0. The van der Waals surface area contributed by atoms with E-state index in [0.717, 1.165) is 24.1 Å². The number of hydrogen-bond acceptors (Lipinski definition) is 5. The number of benzene rings is 2. The highest BCUT2D eigenvalue weighted by atomic mass is 16.5. The van der Waals surface area contributed by atoms with E-state index in [1.54, 1.807) is 31.3 Å². The van der Waals surface area contributed by atoms with Gasteiger partial charge in [0.2, 0.25) is 5.91 Å². The molecule has 0 radical (unpaired) electrons. The van der Waals surface area contributed by atoms with Crippen LogP contribution >= 0.6 is 0 Å². The molecule has 1 fully saturated rings. The van der Waals surface area contributed by atoms with Crippen LogP contribution < -0.4 is 14.8 Å². The molecule has 35 heavy (non-hydrogen) atoms. The number of hydrogen-bond donors (Lipinski definition) is 1. The van der Waals surface area contributed by atoms with Crippen LogP contribution in [0.2, 0.25) is 0 Å². The van der Waals surface area contributed by atoms with Gasteiger partial charge in [0.05, 0.1) is 20.8 Å². The number of methoxy groups -OCH3 is 2. The number of likely N-dealkylation sites (tertiary alicyclic amines) is 1. The zero-order valence-corrected chi connectivity index (χ0v) is 21.3. The van der Waals surface area contributed by atoms with Crippen molar-refractivity contribution in [3.63, 3.8) is 0 Å². The highest BCUT2D eigenvalue weighted by Gasteiger charge is 2.41. The Morgan fingerprint density at radius 1 is 1.06 bits per heavy atom. The van der Waals surface area contributed by atoms with E-state index in [-0.39, 0.29) is 18.4 Å². The van der Waals surface area contributed by atoms with E-state index in [4.69, 9.17) is 9.47 Å². The highest BCUT2D eigenvalue weighted by molar-refractivity contribution is 6.04. The monoisotopic (exact) mass is 479 g/mol. The molecule has 0 saturated carbocycles. The van der Waals surface area contributed by atoms with Gasteiger partial charge >= 0.3 is 0 Å². The molecular weight excluding hydrogens is 442 g/mol. The normalized spacial score (nSPS) is 22.1. The number of fused-ring (bicyclic) bond motifs is 1. The summed E-state index contributed by atoms with van der Waals surface area (Å²) < 4.78 is 10.8. The lowest BCUT2D eigenvalue weighted by Crippen LogP contribution is -2.45. The maximum absolute atomic E-state index is 13.4. The van der Waals surface area contributed by atoms with E-state index in [1.807, 2.05) is 30.3 Å². The summed E-state index contributed by atoms with van der Waals surface area (Å²) in [5.41, 5.74) is 2.15. The van der Waals surface area contributed by atoms with Crippen molar-refractivity contribution < 1.29 is 19.1 Å². The maximum atomic E-state index is 13.4. The number of amides is 2. The lowest BCUT2D eigenvalue weighted by molar-refractivity contribution is -0.125. The second-order valence-corrected chi connectivity index (χ2v) is 9.61. The summed E-state index contributed by atoms with van der Waals surface area (Å²) in [4.78, 5) is 30.9. The Bertz CT molecular complexity index is 1050. The zero-order chi connectivity index (χ0) is 24.9. The Hall–Kier alpha value is -3.06. The number of carbonyl (C=O) groups is 2. The molecule has 0 bridgehead atoms. The van der Waals surface area contributed by atoms with E-state index in [1.165, 1.54) is 19.3 Å². The largest absolute Gasteiger partial charge is 0.497 e. The van der Waals surface area contributed by atoms with Crippen LogP contribution in [-0.4, -0.2) is 61.0 Å². The molecule has 7 heteroatoms. The third kappa shape index (κ3) is 5.30. The van der Waals surface area contributed by atoms with E-state index in [2.05, 4.69) is 24.1 Å². The van der Waals surface area contributed by atoms with Gasteiger partial charge < -0.3 is 19.7 Å². The number of nitrogens with one attached hydrogen (secondary N) is 1. The van der Waals surface area contributed by atoms with Gasteiger partial charge in [0.25, 0.3) is 5.91 Å². The number of rotatable bonds is 9. The minimum absolute atomic E-state index is 0.143. The van der Waals surface area contributed by atoms with E-state index < -0.39 is 6.04 Å². The summed E-state index contributed by atoms with van der Waals surface area (Å²) in [6.07, 6.45) is 4.65. The van der Waals surface area contributed by atoms with E-state index in [0.29, 0.717) is 35.7 Å². The first-order valence-electron chi connectivity index (χ1n) is 12.6. The van der Waals surface area contributed by atoms with Crippen LogP contribution in [0, 0.1) is 0 Å². The van der Waals surface area contributed by atoms with Crippen molar-refractivity contribution in [2.75, 3.05) is 27.3 Å². The molecule has 2 aliphatic rings. The van der Waals surface area contributed by atoms with Crippen LogP contribution in [0.3, 0.4) is 0 Å². The number of ether oxygens (including phenoxy) is 2. The van der Waals surface area contributed by atoms with Crippen molar-refractivity contribution in [3.05, 3.63) is 59.2 Å². The fourth-order valence-corrected chi connectivity index (χ4v) is 5.47. The van der Waals surface area contributed by atoms with Crippen LogP contribution in [0.5, 0.6) is 11.5 Å². The van der Waals surface area contributed by atoms with E-state index >= 15 is 0 Å². The smallest absolute Gasteiger partial charge is 0.255 e. The Balaban J connectivity index is 1.47. The standard InChI is InChI=1S/C28H37N3O4/c1-19-9-7-10-20(2)30(19)16-8-15-29-27(32)26-23-11-5-6-12-24(23)28(33)31(26)18-21-13-14-22(34-3)17-25(21)35-4/h5-6,11-14,17,19-20,26H,7-10,15-16,18H2,1-4H3,(H,29,32)/t19-,20+,26-/m1/s1. The predicted octanol–water partition coefficient (Wildman–Crippen LogP) is 4.17. The zero-order valence-electron chi connectivity index (χ0n) is 21.3. The van der Waals surface area contributed by atoms with Crippen LogP contribution in [0.25, 0.3) is 0 Å². The number of carbonyl (C=O) groups excluding carboxylic acids is 2. The molecule has 7 nitrogen and oxygen atoms in total. The van der Waals surface area contributed by atoms with Crippen molar-refractivity contribution in [2.45, 2.75) is 64.2 Å². The molecule has 2 amide bonds. The van der Waals surface area contributed by atoms with Crippen LogP contribution in [0.1, 0.15) is 67.1 Å². The summed E-state index contributed by atoms with van der Waals surface area (Å²) in [6, 6.07) is 13.4. The lowest BCUT2D eigenvalue weighted by Gasteiger charge is -2.39. The SMILES string of the molecule is COc1ccc(CN2C(=O)c3ccccc3[C@@H]2C(=O)NCCCN2[C@H](C)CCC[C@@H]2C)c(OC)c1. The average Bonchev–Trinajstić information content (AvgIpc) is 3.14. The molecule has 2 aliphatic heterocycles. The Morgan fingerprint density at radius 2 is 1.80 bits per heavy atom. The van der Waals surface area contributed by atoms with Gasteiger partial charge in [-0.3, -0.25) is 14.5 Å². The molecule has 2 heterocycles. The first-order chi connectivity index (χ1) is 16.9. The van der Waals surface area contributed by atoms with Gasteiger partial charge in [0.1, 0.15) is 17.5 Å². The number of piperidine rings is 1. The Morgan fingerprint density at radius 3 is 2.51 bits per heavy atom. The maximum Gasteiger partial charge on any atom is 0.255 e. The minimum atomic E-state index is -0.668. The molecular formula is C28H37N3O4. The molecule has 0 aliphatic carbocycles. The molecule has 188 valence electrons. The van der Waals surface area contributed by atoms with Gasteiger partial charge in [0.15, 0.2) is 0 Å². The molecule has 2 aromatic rings. The summed E-state index contributed by atoms with van der Waals surface area (Å²) in [6.45, 7) is 6.40. The molecule has 0 aromatic heterocycles. The third-order valence-electron chi connectivity index (χ3n) is 7.41. The van der Waals surface area contributed by atoms with Crippen molar-refractivity contribution in [1.82, 2.24) is 15.1 Å². The fraction of sp³-hybridized carbons (Fsp3) is 0.500. The summed E-state index contributed by atoms with van der Waals surface area (Å²) in [5.74, 6) is 1.01. The predicted molar refractivity (Wildman–Crippen MR) is 136 cm³/mol. The average molecular weight is 480 g/mol. The Kier molecular flexibility index (Phi) is 7.96. The first-order valence-corrected chi connectivity index (χ1v) is 12.6. The molecule has 0 unspecified atom stereocenters. The second kappa shape index (κ2) is 11.1. The van der Waals surface area contributed by atoms with Gasteiger partial charge in [-0.1, -0.05) is 24.6 Å². The fourth-order valence-electron chi connectivity index (χ4n) is 5.47. The first kappa shape index (κ1) is 25.0. The van der Waals surface area contributed by atoms with Gasteiger partial charge in [-0.15, -0.1) is 0 Å². The second-order valence-electron chi connectivity index (χ2n) is 9.61. The summed E-state index contributed by atoms with van der Waals surface area (Å²) in [5, 5.41) is 3.11. The Labute approximate surface area is 208 Å². The van der Waals surface area contributed by atoms with Crippen molar-refractivity contribution in [2.24, 2.45) is 0 Å². The van der Waals surface area contributed by atoms with E-state index in [9.17, 15) is 9.59 Å². The van der Waals surface area contributed by atoms with Crippen LogP contribution in [0.4, 0.5) is 0 Å². The number of nitrogens with zero attached hydrogens (tertiary/aromatic N) is 2. The van der Waals surface area contributed by atoms with Crippen molar-refractivity contribution in [3.8, 4) is 11.5 Å². The molecule has 3 atom stereocenters. The van der Waals surface area contributed by atoms with Gasteiger partial charge in [-0.05, 0) is 56.9 Å². The molecule has 4 rings (SSSR count).